The summed E-state index contributed by atoms with van der Waals surface area (Å²) in [5.74, 6) is 1.47. The SMILES string of the molecule is COC(=O)NCC(=O)N1CCC(Oc2ccc(OC)cc2)CC1. The van der Waals surface area contributed by atoms with Crippen molar-refractivity contribution in [1.29, 1.82) is 0 Å². The van der Waals surface area contributed by atoms with Crippen LogP contribution < -0.4 is 14.8 Å². The van der Waals surface area contributed by atoms with Gasteiger partial charge >= 0.3 is 6.09 Å². The Labute approximate surface area is 135 Å². The van der Waals surface area contributed by atoms with Gasteiger partial charge in [-0.15, -0.1) is 0 Å². The highest BCUT2D eigenvalue weighted by Gasteiger charge is 2.24. The molecule has 0 aromatic heterocycles. The van der Waals surface area contributed by atoms with E-state index in [-0.39, 0.29) is 18.6 Å². The Balaban J connectivity index is 1.74. The molecule has 23 heavy (non-hydrogen) atoms. The van der Waals surface area contributed by atoms with Crippen LogP contribution in [-0.4, -0.2) is 56.9 Å². The fraction of sp³-hybridized carbons (Fsp3) is 0.500. The molecule has 2 amide bonds. The normalized spacial score (nSPS) is 15.0. The lowest BCUT2D eigenvalue weighted by Crippen LogP contribution is -2.46. The molecule has 1 heterocycles. The average Bonchev–Trinajstić information content (AvgIpc) is 2.60. The van der Waals surface area contributed by atoms with Crippen LogP contribution in [0.1, 0.15) is 12.8 Å². The number of carbonyl (C=O) groups is 2. The summed E-state index contributed by atoms with van der Waals surface area (Å²) in [6.07, 6.45) is 1.00. The Morgan fingerprint density at radius 3 is 2.30 bits per heavy atom. The molecule has 126 valence electrons. The number of hydrogen-bond donors (Lipinski definition) is 1. The summed E-state index contributed by atoms with van der Waals surface area (Å²) in [7, 11) is 2.89. The van der Waals surface area contributed by atoms with E-state index in [4.69, 9.17) is 9.47 Å². The molecule has 7 heteroatoms. The maximum Gasteiger partial charge on any atom is 0.407 e. The first-order valence-electron chi connectivity index (χ1n) is 7.52. The van der Waals surface area contributed by atoms with Gasteiger partial charge in [-0.05, 0) is 24.3 Å². The number of hydrogen-bond acceptors (Lipinski definition) is 5. The van der Waals surface area contributed by atoms with Crippen molar-refractivity contribution < 1.29 is 23.8 Å². The molecule has 1 fully saturated rings. The van der Waals surface area contributed by atoms with Crippen LogP contribution in [-0.2, 0) is 9.53 Å². The minimum atomic E-state index is -0.601. The summed E-state index contributed by atoms with van der Waals surface area (Å²) < 4.78 is 15.5. The van der Waals surface area contributed by atoms with E-state index in [2.05, 4.69) is 10.1 Å². The van der Waals surface area contributed by atoms with Crippen LogP contribution >= 0.6 is 0 Å². The van der Waals surface area contributed by atoms with Crippen molar-refractivity contribution in [2.45, 2.75) is 18.9 Å². The van der Waals surface area contributed by atoms with E-state index < -0.39 is 6.09 Å². The quantitative estimate of drug-likeness (QED) is 0.887. The summed E-state index contributed by atoms with van der Waals surface area (Å²) in [6, 6.07) is 7.45. The Bertz CT molecular complexity index is 524. The number of ether oxygens (including phenoxy) is 3. The van der Waals surface area contributed by atoms with E-state index in [1.54, 1.807) is 12.0 Å². The van der Waals surface area contributed by atoms with Crippen molar-refractivity contribution in [2.75, 3.05) is 33.9 Å². The first-order chi connectivity index (χ1) is 11.1. The molecule has 1 aromatic carbocycles. The van der Waals surface area contributed by atoms with Gasteiger partial charge in [0, 0.05) is 25.9 Å². The van der Waals surface area contributed by atoms with E-state index in [1.165, 1.54) is 7.11 Å². The second-order valence-corrected chi connectivity index (χ2v) is 5.22. The maximum atomic E-state index is 12.0. The molecule has 0 saturated carbocycles. The van der Waals surface area contributed by atoms with E-state index in [0.29, 0.717) is 13.1 Å². The second-order valence-electron chi connectivity index (χ2n) is 5.22. The molecule has 7 nitrogen and oxygen atoms in total. The van der Waals surface area contributed by atoms with Crippen LogP contribution in [0.4, 0.5) is 4.79 Å². The van der Waals surface area contributed by atoms with Crippen molar-refractivity contribution in [3.63, 3.8) is 0 Å². The summed E-state index contributed by atoms with van der Waals surface area (Å²) in [6.45, 7) is 1.18. The highest BCUT2D eigenvalue weighted by molar-refractivity contribution is 5.82. The van der Waals surface area contributed by atoms with Crippen molar-refractivity contribution in [1.82, 2.24) is 10.2 Å². The Morgan fingerprint density at radius 2 is 1.74 bits per heavy atom. The van der Waals surface area contributed by atoms with Crippen molar-refractivity contribution in [3.05, 3.63) is 24.3 Å². The third-order valence-corrected chi connectivity index (χ3v) is 3.73. The zero-order chi connectivity index (χ0) is 16.7. The zero-order valence-corrected chi connectivity index (χ0v) is 13.4. The number of nitrogens with one attached hydrogen (secondary N) is 1. The third kappa shape index (κ3) is 5.05. The molecule has 1 saturated heterocycles. The predicted octanol–water partition coefficient (Wildman–Crippen LogP) is 1.42. The number of rotatable bonds is 5. The molecule has 0 spiro atoms. The van der Waals surface area contributed by atoms with Gasteiger partial charge in [-0.3, -0.25) is 4.79 Å². The lowest BCUT2D eigenvalue weighted by molar-refractivity contribution is -0.131. The van der Waals surface area contributed by atoms with E-state index in [0.717, 1.165) is 24.3 Å². The molecule has 2 rings (SSSR count). The number of methoxy groups -OCH3 is 2. The van der Waals surface area contributed by atoms with Gasteiger partial charge in [0.05, 0.1) is 14.2 Å². The number of amides is 2. The van der Waals surface area contributed by atoms with Crippen LogP contribution in [0.25, 0.3) is 0 Å². The standard InChI is InChI=1S/C16H22N2O5/c1-21-12-3-5-13(6-4-12)23-14-7-9-18(10-8-14)15(19)11-17-16(20)22-2/h3-6,14H,7-11H2,1-2H3,(H,17,20). The summed E-state index contributed by atoms with van der Waals surface area (Å²) in [5, 5.41) is 2.40. The Hall–Kier alpha value is -2.44. The lowest BCUT2D eigenvalue weighted by Gasteiger charge is -2.32. The van der Waals surface area contributed by atoms with Crippen LogP contribution in [0, 0.1) is 0 Å². The van der Waals surface area contributed by atoms with Gasteiger partial charge in [-0.2, -0.15) is 0 Å². The van der Waals surface area contributed by atoms with Gasteiger partial charge < -0.3 is 24.4 Å². The first-order valence-corrected chi connectivity index (χ1v) is 7.52. The minimum Gasteiger partial charge on any atom is -0.497 e. The van der Waals surface area contributed by atoms with Gasteiger partial charge in [0.2, 0.25) is 5.91 Å². The molecular weight excluding hydrogens is 300 g/mol. The van der Waals surface area contributed by atoms with Crippen LogP contribution in [0.15, 0.2) is 24.3 Å². The summed E-state index contributed by atoms with van der Waals surface area (Å²) in [5.41, 5.74) is 0. The molecule has 1 aromatic rings. The van der Waals surface area contributed by atoms with Gasteiger partial charge in [-0.25, -0.2) is 4.79 Å². The fourth-order valence-electron chi connectivity index (χ4n) is 2.40. The molecule has 1 aliphatic rings. The van der Waals surface area contributed by atoms with Crippen molar-refractivity contribution >= 4 is 12.0 Å². The maximum absolute atomic E-state index is 12.0. The van der Waals surface area contributed by atoms with E-state index in [1.807, 2.05) is 24.3 Å². The van der Waals surface area contributed by atoms with Crippen molar-refractivity contribution in [2.24, 2.45) is 0 Å². The third-order valence-electron chi connectivity index (χ3n) is 3.73. The molecule has 0 aliphatic carbocycles. The molecular formula is C16H22N2O5. The molecule has 1 N–H and O–H groups in total. The van der Waals surface area contributed by atoms with E-state index in [9.17, 15) is 9.59 Å². The molecule has 0 unspecified atom stereocenters. The molecule has 0 bridgehead atoms. The van der Waals surface area contributed by atoms with Gasteiger partial charge in [0.25, 0.3) is 0 Å². The number of alkyl carbamates (subject to hydrolysis) is 1. The topological polar surface area (TPSA) is 77.1 Å². The van der Waals surface area contributed by atoms with Gasteiger partial charge in [-0.1, -0.05) is 0 Å². The van der Waals surface area contributed by atoms with Crippen LogP contribution in [0.5, 0.6) is 11.5 Å². The highest BCUT2D eigenvalue weighted by atomic mass is 16.5. The Morgan fingerprint density at radius 1 is 1.13 bits per heavy atom. The molecule has 0 radical (unpaired) electrons. The number of benzene rings is 1. The minimum absolute atomic E-state index is 0.0450. The monoisotopic (exact) mass is 322 g/mol. The first kappa shape index (κ1) is 16.9. The number of likely N-dealkylation sites (tertiary alicyclic amines) is 1. The van der Waals surface area contributed by atoms with Crippen LogP contribution in [0.2, 0.25) is 0 Å². The molecule has 1 aliphatic heterocycles. The summed E-state index contributed by atoms with van der Waals surface area (Å²) >= 11 is 0. The number of carbonyl (C=O) groups excluding carboxylic acids is 2. The van der Waals surface area contributed by atoms with Crippen LogP contribution in [0.3, 0.4) is 0 Å². The second kappa shape index (κ2) is 8.26. The van der Waals surface area contributed by atoms with Gasteiger partial charge in [0.15, 0.2) is 0 Å². The zero-order valence-electron chi connectivity index (χ0n) is 13.4. The number of piperidine rings is 1. The highest BCUT2D eigenvalue weighted by Crippen LogP contribution is 2.21. The largest absolute Gasteiger partial charge is 0.497 e. The smallest absolute Gasteiger partial charge is 0.407 e. The predicted molar refractivity (Wildman–Crippen MR) is 83.6 cm³/mol. The lowest BCUT2D eigenvalue weighted by atomic mass is 10.1. The van der Waals surface area contributed by atoms with Gasteiger partial charge in [0.1, 0.15) is 24.1 Å². The average molecular weight is 322 g/mol. The fourth-order valence-corrected chi connectivity index (χ4v) is 2.40. The molecule has 0 atom stereocenters. The summed E-state index contributed by atoms with van der Waals surface area (Å²) in [4.78, 5) is 24.6. The van der Waals surface area contributed by atoms with E-state index >= 15 is 0 Å². The number of nitrogens with zero attached hydrogens (tertiary/aromatic N) is 1. The Kier molecular flexibility index (Phi) is 6.08. The van der Waals surface area contributed by atoms with Crippen molar-refractivity contribution in [3.8, 4) is 11.5 Å².